The molecular weight excluding hydrogens is 385 g/mol. The first-order chi connectivity index (χ1) is 14.5. The van der Waals surface area contributed by atoms with Crippen molar-refractivity contribution >= 4 is 5.91 Å². The average Bonchev–Trinajstić information content (AvgIpc) is 3.36. The minimum Gasteiger partial charge on any atom is -0.493 e. The van der Waals surface area contributed by atoms with Crippen molar-refractivity contribution in [1.29, 1.82) is 0 Å². The van der Waals surface area contributed by atoms with Gasteiger partial charge in [-0.05, 0) is 47.9 Å². The molecule has 0 N–H and O–H groups in total. The molecule has 1 unspecified atom stereocenters. The lowest BCUT2D eigenvalue weighted by atomic mass is 10.1. The summed E-state index contributed by atoms with van der Waals surface area (Å²) in [5, 5.41) is 4.08. The summed E-state index contributed by atoms with van der Waals surface area (Å²) in [4.78, 5) is 18.6. The first-order valence-electron chi connectivity index (χ1n) is 10.1. The lowest BCUT2D eigenvalue weighted by Crippen LogP contribution is -2.24. The molecule has 3 aromatic rings. The summed E-state index contributed by atoms with van der Waals surface area (Å²) in [5.41, 5.74) is 1.71. The number of likely N-dealkylation sites (tertiary alicyclic amines) is 1. The maximum absolute atomic E-state index is 13.1. The molecule has 0 saturated carbocycles. The first kappa shape index (κ1) is 20.1. The number of carbonyl (C=O) groups excluding carboxylic acids is 1. The molecule has 1 aromatic heterocycles. The van der Waals surface area contributed by atoms with Crippen LogP contribution in [0, 0.1) is 11.7 Å². The smallest absolute Gasteiger partial charge is 0.232 e. The Hall–Kier alpha value is -3.22. The van der Waals surface area contributed by atoms with Crippen molar-refractivity contribution in [3.8, 4) is 17.1 Å². The average molecular weight is 409 g/mol. The van der Waals surface area contributed by atoms with E-state index in [1.807, 2.05) is 24.3 Å². The van der Waals surface area contributed by atoms with Gasteiger partial charge in [0.25, 0.3) is 0 Å². The Kier molecular flexibility index (Phi) is 5.79. The summed E-state index contributed by atoms with van der Waals surface area (Å²) in [7, 11) is 0. The zero-order chi connectivity index (χ0) is 21.1. The van der Waals surface area contributed by atoms with Crippen LogP contribution in [-0.2, 0) is 11.3 Å². The molecule has 7 heteroatoms. The third-order valence-electron chi connectivity index (χ3n) is 4.99. The van der Waals surface area contributed by atoms with E-state index in [1.54, 1.807) is 17.0 Å². The van der Waals surface area contributed by atoms with E-state index in [-0.39, 0.29) is 17.6 Å². The first-order valence-corrected chi connectivity index (χ1v) is 10.1. The largest absolute Gasteiger partial charge is 0.493 e. The Morgan fingerprint density at radius 2 is 1.90 bits per heavy atom. The molecule has 0 radical (unpaired) electrons. The van der Waals surface area contributed by atoms with Gasteiger partial charge >= 0.3 is 0 Å². The molecule has 0 spiro atoms. The van der Waals surface area contributed by atoms with E-state index < -0.39 is 0 Å². The molecule has 1 saturated heterocycles. The highest BCUT2D eigenvalue weighted by Gasteiger charge is 2.34. The normalized spacial score (nSPS) is 16.5. The van der Waals surface area contributed by atoms with Gasteiger partial charge in [-0.1, -0.05) is 31.1 Å². The number of hydrogen-bond donors (Lipinski definition) is 0. The molecule has 1 aliphatic heterocycles. The van der Waals surface area contributed by atoms with Gasteiger partial charge in [-0.2, -0.15) is 4.98 Å². The fourth-order valence-corrected chi connectivity index (χ4v) is 3.38. The van der Waals surface area contributed by atoms with Crippen molar-refractivity contribution in [2.24, 2.45) is 5.92 Å². The number of hydrogen-bond acceptors (Lipinski definition) is 5. The molecule has 0 bridgehead atoms. The van der Waals surface area contributed by atoms with Crippen LogP contribution in [0.4, 0.5) is 4.39 Å². The van der Waals surface area contributed by atoms with Gasteiger partial charge in [0.2, 0.25) is 17.6 Å². The summed E-state index contributed by atoms with van der Waals surface area (Å²) in [6, 6.07) is 13.7. The van der Waals surface area contributed by atoms with Gasteiger partial charge < -0.3 is 14.2 Å². The van der Waals surface area contributed by atoms with Gasteiger partial charge in [0.1, 0.15) is 11.6 Å². The maximum atomic E-state index is 13.1. The zero-order valence-corrected chi connectivity index (χ0v) is 17.0. The topological polar surface area (TPSA) is 68.5 Å². The molecule has 6 nitrogen and oxygen atoms in total. The number of carbonyl (C=O) groups is 1. The van der Waals surface area contributed by atoms with Gasteiger partial charge in [-0.25, -0.2) is 4.39 Å². The molecule has 156 valence electrons. The van der Waals surface area contributed by atoms with Crippen LogP contribution in [0.2, 0.25) is 0 Å². The number of aromatic nitrogens is 2. The molecule has 1 fully saturated rings. The van der Waals surface area contributed by atoms with Gasteiger partial charge in [-0.15, -0.1) is 0 Å². The third kappa shape index (κ3) is 4.67. The molecule has 2 heterocycles. The highest BCUT2D eigenvalue weighted by atomic mass is 19.1. The fraction of sp³-hybridized carbons (Fsp3) is 0.348. The quantitative estimate of drug-likeness (QED) is 0.578. The van der Waals surface area contributed by atoms with E-state index in [4.69, 9.17) is 9.26 Å². The van der Waals surface area contributed by atoms with Crippen molar-refractivity contribution < 1.29 is 18.4 Å². The van der Waals surface area contributed by atoms with E-state index in [0.717, 1.165) is 16.9 Å². The molecule has 1 amide bonds. The van der Waals surface area contributed by atoms with E-state index in [2.05, 4.69) is 24.0 Å². The van der Waals surface area contributed by atoms with Gasteiger partial charge in [-0.3, -0.25) is 4.79 Å². The lowest BCUT2D eigenvalue weighted by molar-refractivity contribution is -0.128. The Morgan fingerprint density at radius 3 is 2.60 bits per heavy atom. The van der Waals surface area contributed by atoms with Gasteiger partial charge in [0, 0.05) is 25.1 Å². The Labute approximate surface area is 174 Å². The highest BCUT2D eigenvalue weighted by Crippen LogP contribution is 2.30. The SMILES string of the molecule is CC(C)COc1ccc(-c2noc(C3CC(=O)N(Cc4ccc(F)cc4)C3)n2)cc1. The molecular formula is C23H24FN3O3. The van der Waals surface area contributed by atoms with Crippen LogP contribution in [0.3, 0.4) is 0 Å². The summed E-state index contributed by atoms with van der Waals surface area (Å²) < 4.78 is 24.2. The second-order valence-electron chi connectivity index (χ2n) is 7.99. The number of ether oxygens (including phenoxy) is 1. The number of halogens is 1. The predicted molar refractivity (Wildman–Crippen MR) is 109 cm³/mol. The van der Waals surface area contributed by atoms with Crippen LogP contribution in [0.25, 0.3) is 11.4 Å². The number of benzene rings is 2. The molecule has 0 aliphatic carbocycles. The number of nitrogens with zero attached hydrogens (tertiary/aromatic N) is 3. The molecule has 30 heavy (non-hydrogen) atoms. The molecule has 2 aromatic carbocycles. The van der Waals surface area contributed by atoms with Gasteiger partial charge in [0.15, 0.2) is 0 Å². The van der Waals surface area contributed by atoms with Crippen LogP contribution in [0.5, 0.6) is 5.75 Å². The van der Waals surface area contributed by atoms with Crippen LogP contribution in [-0.4, -0.2) is 34.1 Å². The number of amides is 1. The zero-order valence-electron chi connectivity index (χ0n) is 17.0. The van der Waals surface area contributed by atoms with Crippen LogP contribution in [0.15, 0.2) is 53.1 Å². The number of rotatable bonds is 7. The summed E-state index contributed by atoms with van der Waals surface area (Å²) in [5.74, 6) is 1.80. The van der Waals surface area contributed by atoms with Gasteiger partial charge in [0.05, 0.1) is 12.5 Å². The van der Waals surface area contributed by atoms with Crippen LogP contribution >= 0.6 is 0 Å². The standard InChI is InChI=1S/C23H24FN3O3/c1-15(2)14-29-20-9-5-17(6-10-20)22-25-23(30-26-22)18-11-21(28)27(13-18)12-16-3-7-19(24)8-4-16/h3-10,15,18H,11-14H2,1-2H3. The van der Waals surface area contributed by atoms with E-state index in [0.29, 0.717) is 43.8 Å². The Morgan fingerprint density at radius 1 is 1.17 bits per heavy atom. The van der Waals surface area contributed by atoms with Crippen molar-refractivity contribution in [2.75, 3.05) is 13.2 Å². The highest BCUT2D eigenvalue weighted by molar-refractivity contribution is 5.79. The van der Waals surface area contributed by atoms with Crippen LogP contribution < -0.4 is 4.74 Å². The summed E-state index contributed by atoms with van der Waals surface area (Å²) in [6.07, 6.45) is 0.324. The van der Waals surface area contributed by atoms with E-state index >= 15 is 0 Å². The summed E-state index contributed by atoms with van der Waals surface area (Å²) in [6.45, 7) is 5.80. The monoisotopic (exact) mass is 409 g/mol. The second-order valence-corrected chi connectivity index (χ2v) is 7.99. The Balaban J connectivity index is 1.40. The Bertz CT molecular complexity index is 999. The molecule has 1 aliphatic rings. The summed E-state index contributed by atoms with van der Waals surface area (Å²) >= 11 is 0. The lowest BCUT2D eigenvalue weighted by Gasteiger charge is -2.15. The van der Waals surface area contributed by atoms with Crippen molar-refractivity contribution in [1.82, 2.24) is 15.0 Å². The minimum absolute atomic E-state index is 0.0238. The van der Waals surface area contributed by atoms with Crippen LogP contribution in [0.1, 0.15) is 37.6 Å². The molecule has 4 rings (SSSR count). The van der Waals surface area contributed by atoms with Crippen molar-refractivity contribution in [3.05, 3.63) is 65.8 Å². The molecule has 1 atom stereocenters. The maximum Gasteiger partial charge on any atom is 0.232 e. The second kappa shape index (κ2) is 8.65. The fourth-order valence-electron chi connectivity index (χ4n) is 3.38. The van der Waals surface area contributed by atoms with E-state index in [9.17, 15) is 9.18 Å². The van der Waals surface area contributed by atoms with E-state index in [1.165, 1.54) is 12.1 Å². The van der Waals surface area contributed by atoms with Crippen molar-refractivity contribution in [2.45, 2.75) is 32.7 Å². The predicted octanol–water partition coefficient (Wildman–Crippen LogP) is 4.43. The minimum atomic E-state index is -0.290. The van der Waals surface area contributed by atoms with Crippen molar-refractivity contribution in [3.63, 3.8) is 0 Å². The third-order valence-corrected chi connectivity index (χ3v) is 4.99.